The van der Waals surface area contributed by atoms with Crippen LogP contribution in [0.2, 0.25) is 0 Å². The molecule has 0 radical (unpaired) electrons. The summed E-state index contributed by atoms with van der Waals surface area (Å²) < 4.78 is 18.5. The Labute approximate surface area is 166 Å². The number of hydrogen-bond acceptors (Lipinski definition) is 4. The van der Waals surface area contributed by atoms with E-state index in [0.29, 0.717) is 31.2 Å². The molecule has 1 aliphatic rings. The van der Waals surface area contributed by atoms with Crippen LogP contribution in [0.4, 0.5) is 4.39 Å². The van der Waals surface area contributed by atoms with Crippen LogP contribution < -0.4 is 10.6 Å². The first kappa shape index (κ1) is 22.3. The summed E-state index contributed by atoms with van der Waals surface area (Å²) in [5, 5.41) is 5.79. The van der Waals surface area contributed by atoms with Gasteiger partial charge in [-0.3, -0.25) is 14.5 Å². The highest BCUT2D eigenvalue weighted by Gasteiger charge is 2.28. The first-order chi connectivity index (χ1) is 13.3. The van der Waals surface area contributed by atoms with Crippen LogP contribution in [0.25, 0.3) is 0 Å². The van der Waals surface area contributed by atoms with Crippen LogP contribution >= 0.6 is 0 Å². The zero-order valence-corrected chi connectivity index (χ0v) is 17.2. The van der Waals surface area contributed by atoms with Crippen molar-refractivity contribution in [2.45, 2.75) is 39.8 Å². The van der Waals surface area contributed by atoms with E-state index in [2.05, 4.69) is 29.4 Å². The van der Waals surface area contributed by atoms with E-state index in [0.717, 1.165) is 13.1 Å². The van der Waals surface area contributed by atoms with Gasteiger partial charge in [-0.25, -0.2) is 4.39 Å². The van der Waals surface area contributed by atoms with Crippen LogP contribution in [-0.4, -0.2) is 61.6 Å². The molecule has 2 rings (SSSR count). The summed E-state index contributed by atoms with van der Waals surface area (Å²) in [6, 6.07) is 4.84. The molecule has 0 saturated carbocycles. The van der Waals surface area contributed by atoms with Crippen molar-refractivity contribution in [2.75, 3.05) is 32.8 Å². The molecule has 6 nitrogen and oxygen atoms in total. The number of halogens is 1. The van der Waals surface area contributed by atoms with E-state index in [9.17, 15) is 14.0 Å². The molecule has 2 N–H and O–H groups in total. The topological polar surface area (TPSA) is 70.7 Å². The van der Waals surface area contributed by atoms with E-state index in [-0.39, 0.29) is 23.8 Å². The number of morpholine rings is 1. The molecule has 1 fully saturated rings. The number of rotatable bonds is 8. The van der Waals surface area contributed by atoms with E-state index in [1.54, 1.807) is 0 Å². The largest absolute Gasteiger partial charge is 0.379 e. The van der Waals surface area contributed by atoms with Crippen molar-refractivity contribution >= 4 is 11.8 Å². The lowest BCUT2D eigenvalue weighted by molar-refractivity contribution is -0.124. The zero-order valence-electron chi connectivity index (χ0n) is 17.2. The van der Waals surface area contributed by atoms with Crippen molar-refractivity contribution < 1.29 is 18.7 Å². The molecule has 0 aliphatic carbocycles. The maximum atomic E-state index is 13.1. The smallest absolute Gasteiger partial charge is 0.251 e. The van der Waals surface area contributed by atoms with Crippen molar-refractivity contribution in [3.05, 3.63) is 35.6 Å². The minimum Gasteiger partial charge on any atom is -0.379 e. The molecule has 2 unspecified atom stereocenters. The number of carbonyl (C=O) groups is 2. The Balaban J connectivity index is 1.97. The fraction of sp³-hybridized carbons (Fsp3) is 0.619. The summed E-state index contributed by atoms with van der Waals surface area (Å²) in [6.07, 6.45) is 0. The summed E-state index contributed by atoms with van der Waals surface area (Å²) in [4.78, 5) is 27.6. The third-order valence-electron chi connectivity index (χ3n) is 5.11. The Bertz CT molecular complexity index is 643. The normalized spacial score (nSPS) is 17.4. The first-order valence-electron chi connectivity index (χ1n) is 9.95. The van der Waals surface area contributed by atoms with Gasteiger partial charge < -0.3 is 15.4 Å². The molecule has 2 amide bonds. The van der Waals surface area contributed by atoms with Gasteiger partial charge in [-0.1, -0.05) is 27.7 Å². The van der Waals surface area contributed by atoms with Gasteiger partial charge in [-0.2, -0.15) is 0 Å². The van der Waals surface area contributed by atoms with Crippen LogP contribution in [0.5, 0.6) is 0 Å². The predicted octanol–water partition coefficient (Wildman–Crippen LogP) is 2.05. The molecule has 7 heteroatoms. The van der Waals surface area contributed by atoms with Gasteiger partial charge in [0.2, 0.25) is 5.91 Å². The Kier molecular flexibility index (Phi) is 8.38. The SMILES string of the molecule is CC(C)C(NC(=O)c1ccc(F)cc1)C(=O)NCC(C(C)C)N1CCOCC1. The van der Waals surface area contributed by atoms with Gasteiger partial charge >= 0.3 is 0 Å². The fourth-order valence-electron chi connectivity index (χ4n) is 3.37. The number of amides is 2. The Hall–Kier alpha value is -1.99. The van der Waals surface area contributed by atoms with Gasteiger partial charge in [-0.15, -0.1) is 0 Å². The van der Waals surface area contributed by atoms with Gasteiger partial charge in [0.15, 0.2) is 0 Å². The predicted molar refractivity (Wildman–Crippen MR) is 107 cm³/mol. The quantitative estimate of drug-likeness (QED) is 0.709. The Morgan fingerprint density at radius 2 is 1.68 bits per heavy atom. The van der Waals surface area contributed by atoms with Crippen molar-refractivity contribution in [3.63, 3.8) is 0 Å². The van der Waals surface area contributed by atoms with Gasteiger partial charge in [0, 0.05) is 31.2 Å². The molecule has 1 heterocycles. The first-order valence-corrected chi connectivity index (χ1v) is 9.95. The number of hydrogen-bond donors (Lipinski definition) is 2. The molecule has 1 saturated heterocycles. The van der Waals surface area contributed by atoms with Crippen LogP contribution in [-0.2, 0) is 9.53 Å². The number of nitrogens with one attached hydrogen (secondary N) is 2. The second kappa shape index (κ2) is 10.5. The highest BCUT2D eigenvalue weighted by atomic mass is 19.1. The lowest BCUT2D eigenvalue weighted by Gasteiger charge is -2.37. The number of carbonyl (C=O) groups excluding carboxylic acids is 2. The second-order valence-corrected chi connectivity index (χ2v) is 7.91. The average Bonchev–Trinajstić information content (AvgIpc) is 2.66. The van der Waals surface area contributed by atoms with Crippen molar-refractivity contribution in [1.82, 2.24) is 15.5 Å². The second-order valence-electron chi connectivity index (χ2n) is 7.91. The summed E-state index contributed by atoms with van der Waals surface area (Å²) in [6.45, 7) is 11.7. The lowest BCUT2D eigenvalue weighted by Crippen LogP contribution is -2.55. The molecule has 0 bridgehead atoms. The molecule has 28 heavy (non-hydrogen) atoms. The van der Waals surface area contributed by atoms with Crippen molar-refractivity contribution in [2.24, 2.45) is 11.8 Å². The van der Waals surface area contributed by atoms with E-state index in [1.807, 2.05) is 13.8 Å². The van der Waals surface area contributed by atoms with Gasteiger partial charge in [0.25, 0.3) is 5.91 Å². The van der Waals surface area contributed by atoms with Crippen LogP contribution in [0, 0.1) is 17.7 Å². The molecular weight excluding hydrogens is 361 g/mol. The van der Waals surface area contributed by atoms with Crippen molar-refractivity contribution in [3.8, 4) is 0 Å². The minimum absolute atomic E-state index is 0.0784. The molecule has 156 valence electrons. The average molecular weight is 394 g/mol. The highest BCUT2D eigenvalue weighted by molar-refractivity contribution is 5.97. The molecular formula is C21H32FN3O3. The maximum absolute atomic E-state index is 13.1. The van der Waals surface area contributed by atoms with Crippen LogP contribution in [0.15, 0.2) is 24.3 Å². The summed E-state index contributed by atoms with van der Waals surface area (Å²) in [5.41, 5.74) is 0.327. The molecule has 0 spiro atoms. The van der Waals surface area contributed by atoms with E-state index in [4.69, 9.17) is 4.74 Å². The van der Waals surface area contributed by atoms with Gasteiger partial charge in [0.05, 0.1) is 13.2 Å². The number of ether oxygens (including phenoxy) is 1. The molecule has 1 aliphatic heterocycles. The maximum Gasteiger partial charge on any atom is 0.251 e. The van der Waals surface area contributed by atoms with Crippen LogP contribution in [0.1, 0.15) is 38.1 Å². The monoisotopic (exact) mass is 393 g/mol. The van der Waals surface area contributed by atoms with Crippen LogP contribution in [0.3, 0.4) is 0 Å². The van der Waals surface area contributed by atoms with Gasteiger partial charge in [0.1, 0.15) is 11.9 Å². The van der Waals surface area contributed by atoms with E-state index in [1.165, 1.54) is 24.3 Å². The summed E-state index contributed by atoms with van der Waals surface area (Å²) in [5.74, 6) is -0.695. The molecule has 0 aromatic heterocycles. The number of nitrogens with zero attached hydrogens (tertiary/aromatic N) is 1. The van der Waals surface area contributed by atoms with E-state index >= 15 is 0 Å². The number of benzene rings is 1. The fourth-order valence-corrected chi connectivity index (χ4v) is 3.37. The Morgan fingerprint density at radius 3 is 2.21 bits per heavy atom. The standard InChI is InChI=1S/C21H32FN3O3/c1-14(2)18(25-9-11-28-12-10-25)13-23-21(27)19(15(3)4)24-20(26)16-5-7-17(22)8-6-16/h5-8,14-15,18-19H,9-13H2,1-4H3,(H,23,27)(H,24,26). The lowest BCUT2D eigenvalue weighted by atomic mass is 10.00. The third-order valence-corrected chi connectivity index (χ3v) is 5.11. The third kappa shape index (κ3) is 6.27. The molecule has 2 atom stereocenters. The summed E-state index contributed by atoms with van der Waals surface area (Å²) >= 11 is 0. The summed E-state index contributed by atoms with van der Waals surface area (Å²) in [7, 11) is 0. The zero-order chi connectivity index (χ0) is 20.7. The van der Waals surface area contributed by atoms with Gasteiger partial charge in [-0.05, 0) is 36.1 Å². The van der Waals surface area contributed by atoms with E-state index < -0.39 is 11.9 Å². The molecule has 1 aromatic rings. The highest BCUT2D eigenvalue weighted by Crippen LogP contribution is 2.13. The van der Waals surface area contributed by atoms with Crippen molar-refractivity contribution in [1.29, 1.82) is 0 Å². The minimum atomic E-state index is -0.657. The Morgan fingerprint density at radius 1 is 1.07 bits per heavy atom. The molecule has 1 aromatic carbocycles.